The highest BCUT2D eigenvalue weighted by molar-refractivity contribution is 7.98. The lowest BCUT2D eigenvalue weighted by molar-refractivity contribution is 0.0512. The summed E-state index contributed by atoms with van der Waals surface area (Å²) in [5.74, 6) is 4.04. The molecule has 4 heterocycles. The van der Waals surface area contributed by atoms with Gasteiger partial charge in [0.1, 0.15) is 49.0 Å². The topological polar surface area (TPSA) is 114 Å². The molecule has 6 aromatic rings. The molecule has 324 valence electrons. The number of rotatable bonds is 17. The number of fused-ring (bicyclic) bond motifs is 3. The first-order valence-corrected chi connectivity index (χ1v) is 28.2. The zero-order valence-corrected chi connectivity index (χ0v) is 40.5. The number of methoxy groups -OCH3 is 1. The first-order chi connectivity index (χ1) is 29.0. The van der Waals surface area contributed by atoms with Crippen LogP contribution in [0.25, 0.3) is 44.0 Å². The number of nitrogens with zero attached hydrogens (tertiary/aromatic N) is 4. The van der Waals surface area contributed by atoms with Crippen LogP contribution in [-0.4, -0.2) is 69.0 Å². The van der Waals surface area contributed by atoms with Gasteiger partial charge in [-0.05, 0) is 83.5 Å². The number of hydrogen-bond donors (Lipinski definition) is 1. The standard InChI is InChI=1S/C47H60FN5O5SSi2/c1-29(2)61(30(3)4,31(5)6)22-18-37-39(48)16-15-33-24-35(57-28-55-8)25-38(40(33)37)43-32(7)42-41(46(54)58-43)44(52-47(51-42)59-9)49-20-17-34-26-53(27-56-21-23-60(10,11)12)45-36(34)14-13-19-50-45/h13-16,19,24-26,29-31H,17,20-21,23,27-28H2,1-12H3,(H,49,51,52). The molecule has 0 radical (unpaired) electrons. The van der Waals surface area contributed by atoms with Gasteiger partial charge in [-0.2, -0.15) is 0 Å². The van der Waals surface area contributed by atoms with E-state index < -0.39 is 27.6 Å². The quantitative estimate of drug-likeness (QED) is 0.0237. The van der Waals surface area contributed by atoms with Crippen LogP contribution in [0.15, 0.2) is 63.2 Å². The molecule has 6 rings (SSSR count). The zero-order valence-electron chi connectivity index (χ0n) is 37.7. The van der Waals surface area contributed by atoms with Gasteiger partial charge in [0, 0.05) is 62.6 Å². The van der Waals surface area contributed by atoms with Crippen molar-refractivity contribution in [2.24, 2.45) is 0 Å². The average Bonchev–Trinajstić information content (AvgIpc) is 3.56. The Kier molecular flexibility index (Phi) is 14.5. The molecule has 0 fully saturated rings. The largest absolute Gasteiger partial charge is 0.468 e. The fraction of sp³-hybridized carbons (Fsp3) is 0.447. The Bertz CT molecular complexity index is 2640. The van der Waals surface area contributed by atoms with E-state index in [-0.39, 0.29) is 23.5 Å². The van der Waals surface area contributed by atoms with Gasteiger partial charge in [0.15, 0.2) is 11.9 Å². The van der Waals surface area contributed by atoms with E-state index in [0.717, 1.165) is 22.6 Å². The normalized spacial score (nSPS) is 12.3. The summed E-state index contributed by atoms with van der Waals surface area (Å²) < 4.78 is 41.8. The molecular formula is C47H60FN5O5SSi2. The molecule has 61 heavy (non-hydrogen) atoms. The first-order valence-electron chi connectivity index (χ1n) is 21.1. The van der Waals surface area contributed by atoms with Crippen molar-refractivity contribution >= 4 is 66.4 Å². The lowest BCUT2D eigenvalue weighted by atomic mass is 9.95. The van der Waals surface area contributed by atoms with Crippen LogP contribution in [0.5, 0.6) is 5.75 Å². The van der Waals surface area contributed by atoms with Crippen LogP contribution in [0, 0.1) is 24.2 Å². The maximum atomic E-state index is 16.2. The monoisotopic (exact) mass is 881 g/mol. The van der Waals surface area contributed by atoms with E-state index in [1.807, 2.05) is 25.3 Å². The van der Waals surface area contributed by atoms with Crippen molar-refractivity contribution in [1.29, 1.82) is 0 Å². The summed E-state index contributed by atoms with van der Waals surface area (Å²) in [6, 6.07) is 11.8. The van der Waals surface area contributed by atoms with E-state index in [0.29, 0.717) is 87.1 Å². The molecule has 0 amide bonds. The van der Waals surface area contributed by atoms with Gasteiger partial charge in [0.25, 0.3) is 0 Å². The minimum Gasteiger partial charge on any atom is -0.468 e. The number of halogens is 1. The molecule has 2 aromatic carbocycles. The molecule has 0 aliphatic rings. The third-order valence-corrected chi connectivity index (χ3v) is 20.2. The summed E-state index contributed by atoms with van der Waals surface area (Å²) in [5, 5.41) is 6.44. The maximum Gasteiger partial charge on any atom is 0.349 e. The van der Waals surface area contributed by atoms with Crippen molar-refractivity contribution in [3.8, 4) is 28.5 Å². The molecule has 0 aliphatic carbocycles. The van der Waals surface area contributed by atoms with Gasteiger partial charge >= 0.3 is 5.63 Å². The van der Waals surface area contributed by atoms with E-state index in [9.17, 15) is 4.79 Å². The summed E-state index contributed by atoms with van der Waals surface area (Å²) in [6.07, 6.45) is 6.42. The number of aromatic nitrogens is 4. The fourth-order valence-electron chi connectivity index (χ4n) is 8.59. The van der Waals surface area contributed by atoms with Gasteiger partial charge in [-0.25, -0.2) is 24.1 Å². The van der Waals surface area contributed by atoms with Crippen LogP contribution in [0.4, 0.5) is 10.2 Å². The summed E-state index contributed by atoms with van der Waals surface area (Å²) >= 11 is 1.38. The van der Waals surface area contributed by atoms with Gasteiger partial charge in [0.05, 0.1) is 11.1 Å². The SMILES string of the molecule is COCOc1cc(-c2oc(=O)c3c(NCCc4cn(COCC[Si](C)(C)C)c5ncccc45)nc(SC)nc3c2C)c2c(C#C[Si](C(C)C)(C(C)C)C(C)C)c(F)ccc2c1. The van der Waals surface area contributed by atoms with Crippen LogP contribution in [0.1, 0.15) is 58.2 Å². The molecule has 10 nitrogen and oxygen atoms in total. The molecule has 0 aliphatic heterocycles. The summed E-state index contributed by atoms with van der Waals surface area (Å²) in [4.78, 5) is 28.6. The van der Waals surface area contributed by atoms with E-state index in [2.05, 4.69) is 99.8 Å². The van der Waals surface area contributed by atoms with Gasteiger partial charge in [0.2, 0.25) is 0 Å². The number of aryl methyl sites for hydroxylation is 1. The highest BCUT2D eigenvalue weighted by Gasteiger charge is 2.42. The van der Waals surface area contributed by atoms with Crippen molar-refractivity contribution in [3.05, 3.63) is 81.7 Å². The number of hydrogen-bond acceptors (Lipinski definition) is 10. The van der Waals surface area contributed by atoms with Gasteiger partial charge < -0.3 is 28.5 Å². The Morgan fingerprint density at radius 2 is 1.75 bits per heavy atom. The van der Waals surface area contributed by atoms with Crippen LogP contribution < -0.4 is 15.7 Å². The minimum absolute atomic E-state index is 0.00635. The van der Waals surface area contributed by atoms with E-state index in [4.69, 9.17) is 28.6 Å². The van der Waals surface area contributed by atoms with Crippen molar-refractivity contribution < 1.29 is 23.0 Å². The van der Waals surface area contributed by atoms with Gasteiger partial charge in [-0.1, -0.05) is 84.9 Å². The van der Waals surface area contributed by atoms with Gasteiger partial charge in [-0.15, -0.1) is 5.54 Å². The molecule has 1 N–H and O–H groups in total. The number of thioether (sulfide) groups is 1. The predicted octanol–water partition coefficient (Wildman–Crippen LogP) is 11.4. The van der Waals surface area contributed by atoms with E-state index in [1.165, 1.54) is 17.8 Å². The van der Waals surface area contributed by atoms with Crippen molar-refractivity contribution in [2.75, 3.05) is 38.6 Å². The second kappa shape index (κ2) is 19.2. The lowest BCUT2D eigenvalue weighted by Gasteiger charge is -2.38. The van der Waals surface area contributed by atoms with Crippen LogP contribution in [-0.2, 0) is 22.6 Å². The Morgan fingerprint density at radius 3 is 2.43 bits per heavy atom. The maximum absolute atomic E-state index is 16.2. The van der Waals surface area contributed by atoms with E-state index >= 15 is 4.39 Å². The van der Waals surface area contributed by atoms with Crippen molar-refractivity contribution in [1.82, 2.24) is 19.5 Å². The Hall–Kier alpha value is -4.53. The van der Waals surface area contributed by atoms with Crippen LogP contribution in [0.3, 0.4) is 0 Å². The zero-order chi connectivity index (χ0) is 44.2. The predicted molar refractivity (Wildman–Crippen MR) is 254 cm³/mol. The number of anilines is 1. The molecule has 0 bridgehead atoms. The molecular weight excluding hydrogens is 822 g/mol. The molecule has 0 saturated heterocycles. The number of benzene rings is 2. The first kappa shape index (κ1) is 46.0. The molecule has 4 aromatic heterocycles. The highest BCUT2D eigenvalue weighted by Crippen LogP contribution is 2.42. The second-order valence-corrected chi connectivity index (χ2v) is 29.8. The second-order valence-electron chi connectivity index (χ2n) is 17.8. The van der Waals surface area contributed by atoms with E-state index in [1.54, 1.807) is 25.4 Å². The Labute approximate surface area is 365 Å². The van der Waals surface area contributed by atoms with Crippen molar-refractivity contribution in [3.63, 3.8) is 0 Å². The Balaban J connectivity index is 1.44. The molecule has 0 saturated carbocycles. The molecule has 0 unspecified atom stereocenters. The summed E-state index contributed by atoms with van der Waals surface area (Å²) in [6.45, 7) is 23.9. The summed E-state index contributed by atoms with van der Waals surface area (Å²) in [7, 11) is -1.93. The highest BCUT2D eigenvalue weighted by atomic mass is 32.2. The molecule has 0 spiro atoms. The molecule has 0 atom stereocenters. The number of pyridine rings is 1. The fourth-order valence-corrected chi connectivity index (χ4v) is 14.9. The number of nitrogens with one attached hydrogen (secondary N) is 1. The average molecular weight is 882 g/mol. The number of ether oxygens (including phenoxy) is 3. The Morgan fingerprint density at radius 1 is 1.02 bits per heavy atom. The van der Waals surface area contributed by atoms with Crippen molar-refractivity contribution in [2.45, 2.75) is 109 Å². The minimum atomic E-state index is -2.25. The van der Waals surface area contributed by atoms with Gasteiger partial charge in [-0.3, -0.25) is 0 Å². The van der Waals surface area contributed by atoms with Crippen LogP contribution in [0.2, 0.25) is 42.3 Å². The summed E-state index contributed by atoms with van der Waals surface area (Å²) in [5.41, 5.74) is 7.88. The molecule has 14 heteroatoms. The van der Waals surface area contributed by atoms with Crippen LogP contribution >= 0.6 is 11.8 Å². The third kappa shape index (κ3) is 9.76. The third-order valence-electron chi connectivity index (χ3n) is 11.7. The smallest absolute Gasteiger partial charge is 0.349 e. The lowest BCUT2D eigenvalue weighted by Crippen LogP contribution is -2.43.